The highest BCUT2D eigenvalue weighted by Crippen LogP contribution is 2.24. The third-order valence-electron chi connectivity index (χ3n) is 2.13. The van der Waals surface area contributed by atoms with Crippen LogP contribution in [0.5, 0.6) is 0 Å². The Balaban J connectivity index is 2.42. The fourth-order valence-electron chi connectivity index (χ4n) is 1.46. The number of methoxy groups -OCH3 is 1. The van der Waals surface area contributed by atoms with Gasteiger partial charge in [0.2, 0.25) is 0 Å². The zero-order valence-corrected chi connectivity index (χ0v) is 7.01. The summed E-state index contributed by atoms with van der Waals surface area (Å²) >= 11 is 0. The third kappa shape index (κ3) is 2.15. The molecule has 1 saturated heterocycles. The van der Waals surface area contributed by atoms with Crippen molar-refractivity contribution in [1.82, 2.24) is 0 Å². The van der Waals surface area contributed by atoms with Gasteiger partial charge >= 0.3 is 0 Å². The second kappa shape index (κ2) is 4.04. The van der Waals surface area contributed by atoms with Gasteiger partial charge in [-0.25, -0.2) is 0 Å². The molecule has 1 atom stereocenters. The quantitative estimate of drug-likeness (QED) is 0.655. The first kappa shape index (κ1) is 8.97. The molecular weight excluding hydrogens is 144 g/mol. The standard InChI is InChI=1S/C8H16O3/c1-10-7-8(6-9)4-2-3-5-11-8/h9H,2-7H2,1H3/t8-/m0/s1. The van der Waals surface area contributed by atoms with Crippen molar-refractivity contribution in [3.63, 3.8) is 0 Å². The second-order valence-corrected chi connectivity index (χ2v) is 3.08. The number of hydrogen-bond donors (Lipinski definition) is 1. The molecule has 1 heterocycles. The predicted molar refractivity (Wildman–Crippen MR) is 41.5 cm³/mol. The Morgan fingerprint density at radius 2 is 2.36 bits per heavy atom. The van der Waals surface area contributed by atoms with E-state index in [2.05, 4.69) is 0 Å². The fraction of sp³-hybridized carbons (Fsp3) is 1.00. The smallest absolute Gasteiger partial charge is 0.114 e. The molecule has 3 nitrogen and oxygen atoms in total. The Morgan fingerprint density at radius 1 is 1.55 bits per heavy atom. The Hall–Kier alpha value is -0.120. The largest absolute Gasteiger partial charge is 0.393 e. The molecule has 1 fully saturated rings. The van der Waals surface area contributed by atoms with E-state index >= 15 is 0 Å². The summed E-state index contributed by atoms with van der Waals surface area (Å²) in [5, 5.41) is 9.07. The number of ether oxygens (including phenoxy) is 2. The van der Waals surface area contributed by atoms with Crippen LogP contribution in [-0.4, -0.2) is 37.6 Å². The maximum Gasteiger partial charge on any atom is 0.114 e. The molecule has 1 rings (SSSR count). The van der Waals surface area contributed by atoms with Crippen molar-refractivity contribution < 1.29 is 14.6 Å². The van der Waals surface area contributed by atoms with Crippen LogP contribution >= 0.6 is 0 Å². The lowest BCUT2D eigenvalue weighted by molar-refractivity contribution is -0.139. The van der Waals surface area contributed by atoms with Gasteiger partial charge in [0.1, 0.15) is 5.60 Å². The van der Waals surface area contributed by atoms with Crippen LogP contribution in [0, 0.1) is 0 Å². The maximum absolute atomic E-state index is 9.07. The van der Waals surface area contributed by atoms with Crippen LogP contribution in [0.4, 0.5) is 0 Å². The van der Waals surface area contributed by atoms with E-state index in [1.54, 1.807) is 7.11 Å². The third-order valence-corrected chi connectivity index (χ3v) is 2.13. The summed E-state index contributed by atoms with van der Waals surface area (Å²) in [5.41, 5.74) is -0.396. The van der Waals surface area contributed by atoms with Crippen molar-refractivity contribution in [1.29, 1.82) is 0 Å². The molecule has 0 saturated carbocycles. The van der Waals surface area contributed by atoms with E-state index in [1.807, 2.05) is 0 Å². The number of rotatable bonds is 3. The summed E-state index contributed by atoms with van der Waals surface area (Å²) in [6.07, 6.45) is 3.15. The summed E-state index contributed by atoms with van der Waals surface area (Å²) in [6, 6.07) is 0. The van der Waals surface area contributed by atoms with Crippen molar-refractivity contribution in [3.8, 4) is 0 Å². The van der Waals surface area contributed by atoms with Crippen LogP contribution in [0.1, 0.15) is 19.3 Å². The van der Waals surface area contributed by atoms with Gasteiger partial charge in [-0.3, -0.25) is 0 Å². The van der Waals surface area contributed by atoms with Gasteiger partial charge < -0.3 is 14.6 Å². The second-order valence-electron chi connectivity index (χ2n) is 3.08. The molecule has 1 N–H and O–H groups in total. The Bertz CT molecular complexity index is 102. The van der Waals surface area contributed by atoms with Gasteiger partial charge in [-0.2, -0.15) is 0 Å². The van der Waals surface area contributed by atoms with Crippen LogP contribution in [0.25, 0.3) is 0 Å². The first-order chi connectivity index (χ1) is 5.33. The zero-order valence-electron chi connectivity index (χ0n) is 7.01. The lowest BCUT2D eigenvalue weighted by Crippen LogP contribution is -2.44. The molecule has 0 aromatic heterocycles. The van der Waals surface area contributed by atoms with Gasteiger partial charge in [0.05, 0.1) is 13.2 Å². The molecule has 11 heavy (non-hydrogen) atoms. The molecule has 1 aliphatic rings. The van der Waals surface area contributed by atoms with Crippen molar-refractivity contribution in [2.45, 2.75) is 24.9 Å². The summed E-state index contributed by atoms with van der Waals surface area (Å²) < 4.78 is 10.5. The maximum atomic E-state index is 9.07. The number of hydrogen-bond acceptors (Lipinski definition) is 3. The Morgan fingerprint density at radius 3 is 2.82 bits per heavy atom. The van der Waals surface area contributed by atoms with Crippen molar-refractivity contribution in [3.05, 3.63) is 0 Å². The first-order valence-electron chi connectivity index (χ1n) is 4.07. The lowest BCUT2D eigenvalue weighted by atomic mass is 9.96. The Labute approximate surface area is 67.3 Å². The van der Waals surface area contributed by atoms with Crippen molar-refractivity contribution >= 4 is 0 Å². The molecule has 0 spiro atoms. The SMILES string of the molecule is COC[C@@]1(CO)CCCCO1. The van der Waals surface area contributed by atoms with E-state index in [9.17, 15) is 0 Å². The molecule has 0 amide bonds. The van der Waals surface area contributed by atoms with Gasteiger partial charge in [-0.15, -0.1) is 0 Å². The van der Waals surface area contributed by atoms with Crippen LogP contribution in [0.15, 0.2) is 0 Å². The van der Waals surface area contributed by atoms with Crippen molar-refractivity contribution in [2.75, 3.05) is 26.9 Å². The van der Waals surface area contributed by atoms with Crippen LogP contribution in [-0.2, 0) is 9.47 Å². The van der Waals surface area contributed by atoms with Crippen LogP contribution in [0.3, 0.4) is 0 Å². The minimum atomic E-state index is -0.396. The van der Waals surface area contributed by atoms with Gasteiger partial charge in [0.25, 0.3) is 0 Å². The number of aliphatic hydroxyl groups is 1. The normalized spacial score (nSPS) is 32.2. The minimum Gasteiger partial charge on any atom is -0.393 e. The highest BCUT2D eigenvalue weighted by molar-refractivity contribution is 4.82. The predicted octanol–water partition coefficient (Wildman–Crippen LogP) is 0.564. The van der Waals surface area contributed by atoms with Gasteiger partial charge in [-0.1, -0.05) is 0 Å². The molecule has 0 radical (unpaired) electrons. The lowest BCUT2D eigenvalue weighted by Gasteiger charge is -2.34. The van der Waals surface area contributed by atoms with E-state index in [0.717, 1.165) is 25.9 Å². The van der Waals surface area contributed by atoms with E-state index in [-0.39, 0.29) is 6.61 Å². The summed E-state index contributed by atoms with van der Waals surface area (Å²) in [6.45, 7) is 1.33. The fourth-order valence-corrected chi connectivity index (χ4v) is 1.46. The van der Waals surface area contributed by atoms with E-state index in [0.29, 0.717) is 6.61 Å². The average Bonchev–Trinajstić information content (AvgIpc) is 2.07. The highest BCUT2D eigenvalue weighted by atomic mass is 16.5. The van der Waals surface area contributed by atoms with Crippen LogP contribution in [0.2, 0.25) is 0 Å². The molecule has 0 aromatic carbocycles. The molecule has 0 bridgehead atoms. The molecule has 1 aliphatic heterocycles. The van der Waals surface area contributed by atoms with E-state index < -0.39 is 5.60 Å². The molecule has 0 unspecified atom stereocenters. The minimum absolute atomic E-state index is 0.0703. The monoisotopic (exact) mass is 160 g/mol. The van der Waals surface area contributed by atoms with Crippen LogP contribution < -0.4 is 0 Å². The Kier molecular flexibility index (Phi) is 3.30. The van der Waals surface area contributed by atoms with Gasteiger partial charge in [0, 0.05) is 13.7 Å². The summed E-state index contributed by atoms with van der Waals surface area (Å²) in [4.78, 5) is 0. The molecule has 0 aromatic rings. The molecule has 66 valence electrons. The van der Waals surface area contributed by atoms with Crippen molar-refractivity contribution in [2.24, 2.45) is 0 Å². The average molecular weight is 160 g/mol. The summed E-state index contributed by atoms with van der Waals surface area (Å²) in [7, 11) is 1.63. The number of aliphatic hydroxyl groups excluding tert-OH is 1. The molecule has 0 aliphatic carbocycles. The van der Waals surface area contributed by atoms with E-state index in [1.165, 1.54) is 0 Å². The molecule has 3 heteroatoms. The van der Waals surface area contributed by atoms with E-state index in [4.69, 9.17) is 14.6 Å². The van der Waals surface area contributed by atoms with Gasteiger partial charge in [-0.05, 0) is 19.3 Å². The summed E-state index contributed by atoms with van der Waals surface area (Å²) in [5.74, 6) is 0. The first-order valence-corrected chi connectivity index (χ1v) is 4.07. The topological polar surface area (TPSA) is 38.7 Å². The van der Waals surface area contributed by atoms with Gasteiger partial charge in [0.15, 0.2) is 0 Å². The zero-order chi connectivity index (χ0) is 8.16. The molecular formula is C8H16O3. The highest BCUT2D eigenvalue weighted by Gasteiger charge is 2.32.